The molecular formula is C51H72O8Si2. The first-order valence-corrected chi connectivity index (χ1v) is 26.1. The molecule has 0 amide bonds. The third-order valence-corrected chi connectivity index (χ3v) is 24.0. The highest BCUT2D eigenvalue weighted by Crippen LogP contribution is 2.47. The molecule has 1 saturated heterocycles. The summed E-state index contributed by atoms with van der Waals surface area (Å²) in [4.78, 5) is 13.9. The van der Waals surface area contributed by atoms with Gasteiger partial charge in [-0.3, -0.25) is 4.79 Å². The van der Waals surface area contributed by atoms with Crippen molar-refractivity contribution in [2.75, 3.05) is 20.8 Å². The lowest BCUT2D eigenvalue weighted by Crippen LogP contribution is -2.69. The van der Waals surface area contributed by atoms with Crippen LogP contribution in [-0.4, -0.2) is 73.8 Å². The van der Waals surface area contributed by atoms with Gasteiger partial charge in [0.25, 0.3) is 8.32 Å². The molecule has 61 heavy (non-hydrogen) atoms. The van der Waals surface area contributed by atoms with Gasteiger partial charge in [0, 0.05) is 5.92 Å². The van der Waals surface area contributed by atoms with E-state index in [1.54, 1.807) is 21.1 Å². The number of hydrogen-bond acceptors (Lipinski definition) is 8. The van der Waals surface area contributed by atoms with Gasteiger partial charge in [0.15, 0.2) is 5.78 Å². The lowest BCUT2D eigenvalue weighted by molar-refractivity contribution is -0.241. The first kappa shape index (κ1) is 48.4. The number of Topliss-reactive ketones (excluding diaryl/α,β-unsaturated/α-hetero) is 1. The Labute approximate surface area is 368 Å². The van der Waals surface area contributed by atoms with Crippen LogP contribution in [0.2, 0.25) is 21.7 Å². The molecule has 5 rings (SSSR count). The van der Waals surface area contributed by atoms with Crippen LogP contribution >= 0.6 is 0 Å². The van der Waals surface area contributed by atoms with Crippen molar-refractivity contribution < 1.29 is 37.3 Å². The molecular weight excluding hydrogens is 797 g/mol. The van der Waals surface area contributed by atoms with Gasteiger partial charge in [0.1, 0.15) is 29.8 Å². The predicted octanol–water partition coefficient (Wildman–Crippen LogP) is 10.3. The number of rotatable bonds is 20. The summed E-state index contributed by atoms with van der Waals surface area (Å²) in [6, 6.07) is 37.0. The number of ketones is 1. The van der Waals surface area contributed by atoms with Crippen LogP contribution < -0.4 is 19.8 Å². The zero-order chi connectivity index (χ0) is 44.5. The minimum atomic E-state index is -3.03. The van der Waals surface area contributed by atoms with Gasteiger partial charge in [0.05, 0.1) is 46.2 Å². The lowest BCUT2D eigenvalue weighted by Gasteiger charge is -2.53. The first-order valence-electron chi connectivity index (χ1n) is 22.1. The maximum Gasteiger partial charge on any atom is 0.261 e. The predicted molar refractivity (Wildman–Crippen MR) is 251 cm³/mol. The van der Waals surface area contributed by atoms with E-state index in [0.29, 0.717) is 23.2 Å². The van der Waals surface area contributed by atoms with Crippen LogP contribution in [0.25, 0.3) is 0 Å². The van der Waals surface area contributed by atoms with Crippen LogP contribution in [0.15, 0.2) is 109 Å². The van der Waals surface area contributed by atoms with Crippen LogP contribution in [0.1, 0.15) is 87.3 Å². The van der Waals surface area contributed by atoms with Gasteiger partial charge in [-0.15, -0.1) is 0 Å². The van der Waals surface area contributed by atoms with E-state index < -0.39 is 47.2 Å². The Morgan fingerprint density at radius 3 is 1.54 bits per heavy atom. The summed E-state index contributed by atoms with van der Waals surface area (Å²) < 4.78 is 47.5. The van der Waals surface area contributed by atoms with E-state index in [0.717, 1.165) is 22.6 Å². The third-order valence-electron chi connectivity index (χ3n) is 12.9. The van der Waals surface area contributed by atoms with Crippen molar-refractivity contribution in [2.24, 2.45) is 5.92 Å². The molecule has 332 valence electrons. The molecule has 0 spiro atoms. The fourth-order valence-corrected chi connectivity index (χ4v) is 20.0. The summed E-state index contributed by atoms with van der Waals surface area (Å²) in [5.74, 6) is 1.16. The summed E-state index contributed by atoms with van der Waals surface area (Å²) >= 11 is 0. The van der Waals surface area contributed by atoms with Gasteiger partial charge < -0.3 is 32.5 Å². The molecule has 6 atom stereocenters. The van der Waals surface area contributed by atoms with E-state index in [2.05, 4.69) is 130 Å². The van der Waals surface area contributed by atoms with Crippen molar-refractivity contribution in [2.45, 2.75) is 142 Å². The number of carbonyl (C=O) groups excluding carboxylic acids is 1. The summed E-state index contributed by atoms with van der Waals surface area (Å²) in [5, 5.41) is 2.08. The third kappa shape index (κ3) is 10.8. The van der Waals surface area contributed by atoms with Crippen molar-refractivity contribution in [3.63, 3.8) is 0 Å². The summed E-state index contributed by atoms with van der Waals surface area (Å²) in [6.07, 6.45) is -3.10. The fraction of sp³-hybridized carbons (Fsp3) is 0.510. The number of benzene rings is 4. The zero-order valence-corrected chi connectivity index (χ0v) is 41.0. The number of methoxy groups -OCH3 is 2. The monoisotopic (exact) mass is 868 g/mol. The van der Waals surface area contributed by atoms with Gasteiger partial charge in [-0.2, -0.15) is 0 Å². The number of carbonyl (C=O) groups is 1. The van der Waals surface area contributed by atoms with Gasteiger partial charge >= 0.3 is 0 Å². The molecule has 0 unspecified atom stereocenters. The molecule has 1 heterocycles. The molecule has 1 aliphatic rings. The Morgan fingerprint density at radius 1 is 0.672 bits per heavy atom. The highest BCUT2D eigenvalue weighted by Gasteiger charge is 2.56. The van der Waals surface area contributed by atoms with Crippen molar-refractivity contribution in [1.82, 2.24) is 0 Å². The fourth-order valence-electron chi connectivity index (χ4n) is 9.84. The zero-order valence-electron chi connectivity index (χ0n) is 39.0. The van der Waals surface area contributed by atoms with Gasteiger partial charge in [-0.05, 0) is 74.4 Å². The second-order valence-corrected chi connectivity index (χ2v) is 28.4. The van der Waals surface area contributed by atoms with E-state index in [9.17, 15) is 4.79 Å². The smallest absolute Gasteiger partial charge is 0.261 e. The van der Waals surface area contributed by atoms with E-state index >= 15 is 0 Å². The summed E-state index contributed by atoms with van der Waals surface area (Å²) in [7, 11) is -2.25. The van der Waals surface area contributed by atoms with Crippen molar-refractivity contribution in [3.8, 4) is 11.5 Å². The molecule has 1 aliphatic heterocycles. The van der Waals surface area contributed by atoms with Crippen molar-refractivity contribution >= 4 is 32.8 Å². The van der Waals surface area contributed by atoms with Crippen LogP contribution in [0.3, 0.4) is 0 Å². The summed E-state index contributed by atoms with van der Waals surface area (Å²) in [6.45, 7) is 25.2. The Morgan fingerprint density at radius 2 is 1.13 bits per heavy atom. The van der Waals surface area contributed by atoms with E-state index in [4.69, 9.17) is 32.5 Å². The van der Waals surface area contributed by atoms with Crippen LogP contribution in [0.4, 0.5) is 0 Å². The molecule has 0 aromatic heterocycles. The number of ether oxygens (including phenoxy) is 5. The Kier molecular flexibility index (Phi) is 16.8. The molecule has 1 fully saturated rings. The van der Waals surface area contributed by atoms with Crippen LogP contribution in [0, 0.1) is 5.92 Å². The highest BCUT2D eigenvalue weighted by molar-refractivity contribution is 6.99. The normalized spacial score (nSPS) is 20.6. The van der Waals surface area contributed by atoms with Crippen LogP contribution in [-0.2, 0) is 41.1 Å². The SMILES string of the molecule is COc1ccc(CO[C@H]2[C@H](O[Si](C(C)C)(C(C)C)C(C)C)[C@@H](C)[C@H]([C@H](OCc3ccc(OC)cc3)C(C)=O)O[C@@H]2CO[Si](c2ccccc2)(c2ccccc2)C(C)(C)C)cc1. The van der Waals surface area contributed by atoms with Gasteiger partial charge in [-0.25, -0.2) is 0 Å². The Balaban J connectivity index is 1.66. The molecule has 0 saturated carbocycles. The standard InChI is InChI=1S/C51H72O8Si2/c1-35(2)60(36(3)4,37(5)6)59-48-38(7)47(49(39(8)52)55-32-40-24-28-42(53-12)29-25-40)58-46(50(48)56-33-41-26-30-43(54-13)31-27-41)34-57-61(51(9,10)11,44-20-16-14-17-21-44)45-22-18-15-19-23-45/h14-31,35-38,46-50H,32-34H2,1-13H3/t38-,46+,47+,48+,49+,50+/m0/s1. The van der Waals surface area contributed by atoms with E-state index in [-0.39, 0.29) is 30.0 Å². The second-order valence-electron chi connectivity index (χ2n) is 18.7. The average molecular weight is 869 g/mol. The highest BCUT2D eigenvalue weighted by atomic mass is 28.4. The largest absolute Gasteiger partial charge is 0.497 e. The molecule has 0 N–H and O–H groups in total. The molecule has 4 aromatic rings. The Bertz CT molecular complexity index is 1870. The van der Waals surface area contributed by atoms with Gasteiger partial charge in [-0.1, -0.05) is 154 Å². The quantitative estimate of drug-likeness (QED) is 0.0813. The molecule has 4 aromatic carbocycles. The minimum absolute atomic E-state index is 0.103. The number of hydrogen-bond donors (Lipinski definition) is 0. The summed E-state index contributed by atoms with van der Waals surface area (Å²) in [5.41, 5.74) is 2.87. The first-order chi connectivity index (χ1) is 29.0. The average Bonchev–Trinajstić information content (AvgIpc) is 3.23. The topological polar surface area (TPSA) is 81.7 Å². The molecule has 0 bridgehead atoms. The molecule has 8 nitrogen and oxygen atoms in total. The maximum atomic E-state index is 13.9. The second kappa shape index (κ2) is 21.2. The van der Waals surface area contributed by atoms with E-state index in [1.165, 1.54) is 10.4 Å². The molecule has 0 radical (unpaired) electrons. The van der Waals surface area contributed by atoms with Crippen molar-refractivity contribution in [1.29, 1.82) is 0 Å². The molecule has 10 heteroatoms. The molecule has 0 aliphatic carbocycles. The maximum absolute atomic E-state index is 13.9. The van der Waals surface area contributed by atoms with Crippen LogP contribution in [0.5, 0.6) is 11.5 Å². The minimum Gasteiger partial charge on any atom is -0.497 e. The van der Waals surface area contributed by atoms with Gasteiger partial charge in [0.2, 0.25) is 8.32 Å². The lowest BCUT2D eigenvalue weighted by atomic mass is 9.84. The Hall–Kier alpha value is -3.62. The van der Waals surface area contributed by atoms with E-state index in [1.807, 2.05) is 48.5 Å². The van der Waals surface area contributed by atoms with Crippen molar-refractivity contribution in [3.05, 3.63) is 120 Å².